The van der Waals surface area contributed by atoms with Crippen LogP contribution in [-0.2, 0) is 0 Å². The fraction of sp³-hybridized carbons (Fsp3) is 0.647. The molecule has 2 unspecified atom stereocenters. The van der Waals surface area contributed by atoms with E-state index in [4.69, 9.17) is 16.3 Å². The molecule has 2 saturated carbocycles. The lowest BCUT2D eigenvalue weighted by molar-refractivity contribution is -0.0736. The molecule has 2 aliphatic carbocycles. The van der Waals surface area contributed by atoms with Gasteiger partial charge in [0.05, 0.1) is 0 Å². The maximum absolute atomic E-state index is 6.34. The molecule has 1 aromatic rings. The molecule has 1 N–H and O–H groups in total. The second-order valence-corrected chi connectivity index (χ2v) is 6.87. The van der Waals surface area contributed by atoms with Crippen LogP contribution in [0.4, 0.5) is 0 Å². The summed E-state index contributed by atoms with van der Waals surface area (Å²) in [6.45, 7) is 4.09. The Labute approximate surface area is 126 Å². The van der Waals surface area contributed by atoms with Gasteiger partial charge in [-0.15, -0.1) is 0 Å². The van der Waals surface area contributed by atoms with E-state index in [2.05, 4.69) is 24.5 Å². The molecular formula is C17H24ClNO. The van der Waals surface area contributed by atoms with Crippen LogP contribution in [0.2, 0.25) is 5.02 Å². The lowest BCUT2D eigenvalue weighted by Crippen LogP contribution is -2.63. The highest BCUT2D eigenvalue weighted by molar-refractivity contribution is 6.32. The molecule has 2 nitrogen and oxygen atoms in total. The van der Waals surface area contributed by atoms with Crippen LogP contribution in [0.15, 0.2) is 12.1 Å². The van der Waals surface area contributed by atoms with Gasteiger partial charge in [-0.25, -0.2) is 0 Å². The van der Waals surface area contributed by atoms with Crippen LogP contribution in [0, 0.1) is 19.3 Å². The van der Waals surface area contributed by atoms with Crippen LogP contribution in [0.1, 0.15) is 43.2 Å². The van der Waals surface area contributed by atoms with Crippen molar-refractivity contribution in [2.75, 3.05) is 7.05 Å². The summed E-state index contributed by atoms with van der Waals surface area (Å²) in [6.07, 6.45) is 6.77. The van der Waals surface area contributed by atoms with Crippen molar-refractivity contribution in [1.29, 1.82) is 0 Å². The summed E-state index contributed by atoms with van der Waals surface area (Å²) >= 11 is 6.23. The van der Waals surface area contributed by atoms with Crippen LogP contribution >= 0.6 is 11.6 Å². The summed E-state index contributed by atoms with van der Waals surface area (Å²) in [5, 5.41) is 4.34. The second-order valence-electron chi connectivity index (χ2n) is 6.49. The Hall–Kier alpha value is -0.730. The van der Waals surface area contributed by atoms with Crippen LogP contribution in [0.3, 0.4) is 0 Å². The van der Waals surface area contributed by atoms with Crippen LogP contribution in [0.5, 0.6) is 5.75 Å². The molecule has 0 radical (unpaired) electrons. The molecular weight excluding hydrogens is 270 g/mol. The molecule has 20 heavy (non-hydrogen) atoms. The molecule has 0 aromatic heterocycles. The average molecular weight is 294 g/mol. The van der Waals surface area contributed by atoms with Crippen molar-refractivity contribution in [3.05, 3.63) is 28.3 Å². The Balaban J connectivity index is 1.78. The summed E-state index contributed by atoms with van der Waals surface area (Å²) in [6, 6.07) is 4.78. The van der Waals surface area contributed by atoms with Crippen molar-refractivity contribution in [3.63, 3.8) is 0 Å². The number of halogens is 1. The van der Waals surface area contributed by atoms with Gasteiger partial charge in [0.2, 0.25) is 0 Å². The lowest BCUT2D eigenvalue weighted by atomic mass is 9.60. The summed E-state index contributed by atoms with van der Waals surface area (Å²) in [7, 11) is 2.08. The van der Waals surface area contributed by atoms with Crippen LogP contribution in [-0.4, -0.2) is 19.2 Å². The van der Waals surface area contributed by atoms with Gasteiger partial charge in [0, 0.05) is 22.9 Å². The number of benzene rings is 1. The van der Waals surface area contributed by atoms with Gasteiger partial charge in [0.15, 0.2) is 0 Å². The smallest absolute Gasteiger partial charge is 0.120 e. The first kappa shape index (κ1) is 14.2. The van der Waals surface area contributed by atoms with E-state index in [9.17, 15) is 0 Å². The largest absolute Gasteiger partial charge is 0.490 e. The maximum Gasteiger partial charge on any atom is 0.120 e. The zero-order valence-electron chi connectivity index (χ0n) is 12.6. The zero-order chi connectivity index (χ0) is 14.3. The molecule has 2 atom stereocenters. The van der Waals surface area contributed by atoms with Crippen molar-refractivity contribution in [3.8, 4) is 5.75 Å². The Bertz CT molecular complexity index is 485. The molecule has 2 aliphatic rings. The van der Waals surface area contributed by atoms with E-state index in [1.807, 2.05) is 13.8 Å². The molecule has 3 heteroatoms. The molecule has 1 spiro atoms. The molecule has 0 aliphatic heterocycles. The number of hydrogen-bond acceptors (Lipinski definition) is 2. The zero-order valence-corrected chi connectivity index (χ0v) is 13.4. The monoisotopic (exact) mass is 293 g/mol. The highest BCUT2D eigenvalue weighted by atomic mass is 35.5. The topological polar surface area (TPSA) is 21.3 Å². The van der Waals surface area contributed by atoms with E-state index in [0.717, 1.165) is 28.3 Å². The van der Waals surface area contributed by atoms with E-state index >= 15 is 0 Å². The predicted molar refractivity (Wildman–Crippen MR) is 83.7 cm³/mol. The Morgan fingerprint density at radius 2 is 1.80 bits per heavy atom. The number of ether oxygens (including phenoxy) is 1. The van der Waals surface area contributed by atoms with Crippen molar-refractivity contribution in [2.24, 2.45) is 5.41 Å². The van der Waals surface area contributed by atoms with Gasteiger partial charge in [-0.2, -0.15) is 0 Å². The Morgan fingerprint density at radius 1 is 1.20 bits per heavy atom. The van der Waals surface area contributed by atoms with Gasteiger partial charge in [0.25, 0.3) is 0 Å². The highest BCUT2D eigenvalue weighted by Crippen LogP contribution is 2.54. The van der Waals surface area contributed by atoms with E-state index in [-0.39, 0.29) is 0 Å². The minimum absolute atomic E-state index is 0.363. The van der Waals surface area contributed by atoms with Gasteiger partial charge in [-0.3, -0.25) is 0 Å². The van der Waals surface area contributed by atoms with Crippen molar-refractivity contribution < 1.29 is 4.74 Å². The highest BCUT2D eigenvalue weighted by Gasteiger charge is 2.57. The fourth-order valence-corrected chi connectivity index (χ4v) is 4.27. The molecule has 0 amide bonds. The molecule has 3 rings (SSSR count). The van der Waals surface area contributed by atoms with Crippen LogP contribution in [0.25, 0.3) is 0 Å². The first-order chi connectivity index (χ1) is 9.56. The van der Waals surface area contributed by atoms with Crippen molar-refractivity contribution in [2.45, 2.75) is 58.1 Å². The molecule has 0 saturated heterocycles. The molecule has 2 fully saturated rings. The van der Waals surface area contributed by atoms with Crippen molar-refractivity contribution >= 4 is 11.6 Å². The molecule has 1 aromatic carbocycles. The summed E-state index contributed by atoms with van der Waals surface area (Å²) in [5.41, 5.74) is 2.58. The molecule has 0 bridgehead atoms. The third kappa shape index (κ3) is 2.14. The average Bonchev–Trinajstić information content (AvgIpc) is 2.92. The first-order valence-electron chi connectivity index (χ1n) is 7.67. The Morgan fingerprint density at radius 3 is 2.35 bits per heavy atom. The standard InChI is InChI=1S/C17H24ClNO/c1-11-8-13(9-12(2)16(11)18)20-15-10-14(19-3)17(15)6-4-5-7-17/h8-9,14-15,19H,4-7,10H2,1-3H3. The summed E-state index contributed by atoms with van der Waals surface area (Å²) in [5.74, 6) is 0.982. The number of rotatable bonds is 3. The van der Waals surface area contributed by atoms with E-state index in [1.165, 1.54) is 25.7 Å². The third-order valence-electron chi connectivity index (χ3n) is 5.36. The maximum atomic E-state index is 6.34. The molecule has 110 valence electrons. The number of aryl methyl sites for hydroxylation is 2. The fourth-order valence-electron chi connectivity index (χ4n) is 4.16. The van der Waals surface area contributed by atoms with E-state index < -0.39 is 0 Å². The Kier molecular flexibility index (Phi) is 3.72. The summed E-state index contributed by atoms with van der Waals surface area (Å²) in [4.78, 5) is 0. The minimum Gasteiger partial charge on any atom is -0.490 e. The quantitative estimate of drug-likeness (QED) is 0.899. The van der Waals surface area contributed by atoms with Gasteiger partial charge >= 0.3 is 0 Å². The van der Waals surface area contributed by atoms with Gasteiger partial charge in [-0.1, -0.05) is 24.4 Å². The summed E-state index contributed by atoms with van der Waals surface area (Å²) < 4.78 is 6.34. The normalized spacial score (nSPS) is 27.6. The SMILES string of the molecule is CNC1CC(Oc2cc(C)c(Cl)c(C)c2)C12CCCC2. The lowest BCUT2D eigenvalue weighted by Gasteiger charge is -2.53. The first-order valence-corrected chi connectivity index (χ1v) is 8.05. The number of nitrogens with one attached hydrogen (secondary N) is 1. The van der Waals surface area contributed by atoms with Gasteiger partial charge < -0.3 is 10.1 Å². The second kappa shape index (κ2) is 5.23. The number of hydrogen-bond donors (Lipinski definition) is 1. The van der Waals surface area contributed by atoms with Gasteiger partial charge in [0.1, 0.15) is 11.9 Å². The van der Waals surface area contributed by atoms with E-state index in [1.54, 1.807) is 0 Å². The predicted octanol–water partition coefficient (Wildman–Crippen LogP) is 4.26. The van der Waals surface area contributed by atoms with Gasteiger partial charge in [-0.05, 0) is 57.0 Å². The van der Waals surface area contributed by atoms with Crippen molar-refractivity contribution in [1.82, 2.24) is 5.32 Å². The third-order valence-corrected chi connectivity index (χ3v) is 5.95. The van der Waals surface area contributed by atoms with Crippen LogP contribution < -0.4 is 10.1 Å². The minimum atomic E-state index is 0.363. The van der Waals surface area contributed by atoms with E-state index in [0.29, 0.717) is 17.6 Å². The molecule has 0 heterocycles.